The van der Waals surface area contributed by atoms with E-state index < -0.39 is 6.23 Å². The van der Waals surface area contributed by atoms with Gasteiger partial charge in [-0.25, -0.2) is 9.98 Å². The highest BCUT2D eigenvalue weighted by Gasteiger charge is 2.32. The van der Waals surface area contributed by atoms with Crippen molar-refractivity contribution < 1.29 is 30.0 Å². The molecule has 1 unspecified atom stereocenters. The largest absolute Gasteiger partial charge is 0.492 e. The van der Waals surface area contributed by atoms with Gasteiger partial charge < -0.3 is 34.9 Å². The number of aliphatic imine (C=N–C) groups is 1. The van der Waals surface area contributed by atoms with Crippen molar-refractivity contribution in [1.29, 1.82) is 0 Å². The predicted octanol–water partition coefficient (Wildman–Crippen LogP) is 1.03. The van der Waals surface area contributed by atoms with Crippen LogP contribution in [0.5, 0.6) is 11.8 Å². The van der Waals surface area contributed by atoms with E-state index in [9.17, 15) is 20.4 Å². The molecule has 2 aromatic heterocycles. The first kappa shape index (κ1) is 20.5. The molecule has 0 spiro atoms. The van der Waals surface area contributed by atoms with Crippen LogP contribution in [0.1, 0.15) is 50.3 Å². The third-order valence-electron chi connectivity index (χ3n) is 5.36. The van der Waals surface area contributed by atoms with Gasteiger partial charge in [0.2, 0.25) is 11.8 Å². The minimum atomic E-state index is -0.876. The minimum Gasteiger partial charge on any atom is -0.492 e. The molecule has 1 fully saturated rings. The fraction of sp³-hybridized carbons (Fsp3) is 0.579. The van der Waals surface area contributed by atoms with Gasteiger partial charge in [0.1, 0.15) is 18.5 Å². The van der Waals surface area contributed by atoms with Gasteiger partial charge in [0.05, 0.1) is 25.4 Å². The van der Waals surface area contributed by atoms with Crippen LogP contribution < -0.4 is 4.84 Å². The molecule has 164 valence electrons. The second-order valence-corrected chi connectivity index (χ2v) is 7.43. The quantitative estimate of drug-likeness (QED) is 0.441. The van der Waals surface area contributed by atoms with Crippen LogP contribution in [-0.2, 0) is 4.74 Å². The number of aliphatic hydroxyl groups is 2. The third kappa shape index (κ3) is 4.09. The number of unbranched alkanes of at least 4 members (excludes halogenated alkanes) is 2. The minimum absolute atomic E-state index is 0.00808. The molecule has 0 bridgehead atoms. The van der Waals surface area contributed by atoms with E-state index in [0.717, 1.165) is 36.8 Å². The number of hydrogen-bond acceptors (Lipinski definition) is 9. The summed E-state index contributed by atoms with van der Waals surface area (Å²) in [7, 11) is 0. The number of nitrogens with zero attached hydrogens (tertiary/aromatic N) is 5. The van der Waals surface area contributed by atoms with Crippen LogP contribution in [0.25, 0.3) is 0 Å². The smallest absolute Gasteiger partial charge is 0.229 e. The van der Waals surface area contributed by atoms with Crippen LogP contribution in [0.15, 0.2) is 23.5 Å². The fourth-order valence-electron chi connectivity index (χ4n) is 3.71. The Labute approximate surface area is 173 Å². The molecule has 1 saturated heterocycles. The maximum absolute atomic E-state index is 10.7. The van der Waals surface area contributed by atoms with Crippen LogP contribution in [0, 0.1) is 0 Å². The normalized spacial score (nSPS) is 23.1. The first-order valence-corrected chi connectivity index (χ1v) is 10.1. The molecule has 2 aliphatic heterocycles. The first-order valence-electron chi connectivity index (χ1n) is 10.1. The van der Waals surface area contributed by atoms with E-state index in [4.69, 9.17) is 9.57 Å². The number of aromatic nitrogens is 3. The molecule has 3 atom stereocenters. The Bertz CT molecular complexity index is 861. The Morgan fingerprint density at radius 1 is 1.13 bits per heavy atom. The van der Waals surface area contributed by atoms with Crippen molar-refractivity contribution in [1.82, 2.24) is 19.2 Å². The standard InChI is InChI=1S/C19H27N5O6/c25-10-13-4-7-16(30-13)23-12-20-17-18(23)21-11-22(19(17)28)8-2-1-3-9-29-24-14(26)5-6-15(24)27/h5-6,11-13,16,19,25-28H,1-4,7-10H2/t13-,16+,19?/m0/s1. The van der Waals surface area contributed by atoms with Gasteiger partial charge in [-0.3, -0.25) is 4.57 Å². The van der Waals surface area contributed by atoms with Crippen LogP contribution in [0.2, 0.25) is 0 Å². The van der Waals surface area contributed by atoms with E-state index in [-0.39, 0.29) is 30.7 Å². The number of aliphatic hydroxyl groups excluding tert-OH is 2. The lowest BCUT2D eigenvalue weighted by atomic mass is 10.2. The highest BCUT2D eigenvalue weighted by Crippen LogP contribution is 2.37. The van der Waals surface area contributed by atoms with E-state index in [2.05, 4.69) is 9.98 Å². The average Bonchev–Trinajstić information content (AvgIpc) is 3.46. The van der Waals surface area contributed by atoms with E-state index in [1.165, 1.54) is 12.1 Å². The summed E-state index contributed by atoms with van der Waals surface area (Å²) in [5.41, 5.74) is 0.496. The van der Waals surface area contributed by atoms with E-state index in [1.54, 1.807) is 17.6 Å². The Morgan fingerprint density at radius 2 is 1.93 bits per heavy atom. The Kier molecular flexibility index (Phi) is 6.11. The molecule has 2 aliphatic rings. The summed E-state index contributed by atoms with van der Waals surface area (Å²) in [5.74, 6) is 0.289. The number of rotatable bonds is 9. The molecule has 0 saturated carbocycles. The second-order valence-electron chi connectivity index (χ2n) is 7.43. The van der Waals surface area contributed by atoms with Crippen LogP contribution in [0.4, 0.5) is 5.82 Å². The van der Waals surface area contributed by atoms with Crippen molar-refractivity contribution >= 4 is 12.2 Å². The maximum Gasteiger partial charge on any atom is 0.229 e. The number of hydrogen-bond donors (Lipinski definition) is 4. The molecule has 11 nitrogen and oxygen atoms in total. The summed E-state index contributed by atoms with van der Waals surface area (Å²) >= 11 is 0. The Hall–Kier alpha value is -2.76. The number of fused-ring (bicyclic) bond motifs is 1. The summed E-state index contributed by atoms with van der Waals surface area (Å²) in [4.78, 5) is 15.8. The lowest BCUT2D eigenvalue weighted by molar-refractivity contribution is -0.0219. The van der Waals surface area contributed by atoms with Gasteiger partial charge in [-0.2, -0.15) is 0 Å². The Morgan fingerprint density at radius 3 is 2.67 bits per heavy atom. The number of imidazole rings is 1. The van der Waals surface area contributed by atoms with Crippen molar-refractivity contribution in [2.45, 2.75) is 50.7 Å². The molecule has 0 amide bonds. The molecule has 2 aromatic rings. The lowest BCUT2D eigenvalue weighted by Crippen LogP contribution is -2.31. The SMILES string of the molecule is OC[C@@H]1CC[C@H](n2cnc3c2N=CN(CCCCCOn2c(O)ccc2O)C3O)O1. The van der Waals surface area contributed by atoms with Crippen LogP contribution in [0.3, 0.4) is 0 Å². The summed E-state index contributed by atoms with van der Waals surface area (Å²) in [5, 5.41) is 38.9. The van der Waals surface area contributed by atoms with Crippen molar-refractivity contribution in [2.24, 2.45) is 4.99 Å². The first-order chi connectivity index (χ1) is 14.6. The average molecular weight is 421 g/mol. The number of ether oxygens (including phenoxy) is 1. The van der Waals surface area contributed by atoms with Gasteiger partial charge in [-0.05, 0) is 32.1 Å². The molecule has 4 rings (SSSR count). The summed E-state index contributed by atoms with van der Waals surface area (Å²) < 4.78 is 8.58. The van der Waals surface area contributed by atoms with Crippen molar-refractivity contribution in [2.75, 3.05) is 19.8 Å². The van der Waals surface area contributed by atoms with Crippen molar-refractivity contribution in [3.05, 3.63) is 24.2 Å². The maximum atomic E-state index is 10.7. The van der Waals surface area contributed by atoms with Crippen molar-refractivity contribution in [3.63, 3.8) is 0 Å². The van der Waals surface area contributed by atoms with Gasteiger partial charge in [0.25, 0.3) is 0 Å². The molecule has 30 heavy (non-hydrogen) atoms. The van der Waals surface area contributed by atoms with Gasteiger partial charge in [-0.1, -0.05) is 0 Å². The zero-order valence-electron chi connectivity index (χ0n) is 16.5. The molecule has 4 N–H and O–H groups in total. The molecule has 11 heteroatoms. The summed E-state index contributed by atoms with van der Waals surface area (Å²) in [6, 6.07) is 2.71. The van der Waals surface area contributed by atoms with E-state index in [0.29, 0.717) is 24.7 Å². The van der Waals surface area contributed by atoms with E-state index >= 15 is 0 Å². The van der Waals surface area contributed by atoms with Crippen molar-refractivity contribution in [3.8, 4) is 11.8 Å². The molecule has 4 heterocycles. The predicted molar refractivity (Wildman–Crippen MR) is 105 cm³/mol. The monoisotopic (exact) mass is 421 g/mol. The zero-order valence-corrected chi connectivity index (χ0v) is 16.5. The number of aromatic hydroxyl groups is 2. The molecule has 0 aromatic carbocycles. The van der Waals surface area contributed by atoms with Gasteiger partial charge >= 0.3 is 0 Å². The Balaban J connectivity index is 1.24. The molecular weight excluding hydrogens is 394 g/mol. The van der Waals surface area contributed by atoms with Crippen LogP contribution >= 0.6 is 0 Å². The zero-order chi connectivity index (χ0) is 21.1. The fourth-order valence-corrected chi connectivity index (χ4v) is 3.71. The van der Waals surface area contributed by atoms with Gasteiger partial charge in [-0.15, -0.1) is 4.73 Å². The van der Waals surface area contributed by atoms with E-state index in [1.807, 2.05) is 4.57 Å². The molecule has 0 aliphatic carbocycles. The summed E-state index contributed by atoms with van der Waals surface area (Å²) in [6.45, 7) is 0.937. The topological polar surface area (TPSA) is 138 Å². The highest BCUT2D eigenvalue weighted by molar-refractivity contribution is 5.65. The second kappa shape index (κ2) is 8.94. The molecule has 0 radical (unpaired) electrons. The van der Waals surface area contributed by atoms with Gasteiger partial charge in [0.15, 0.2) is 12.0 Å². The highest BCUT2D eigenvalue weighted by atomic mass is 16.7. The third-order valence-corrected chi connectivity index (χ3v) is 5.36. The molecular formula is C19H27N5O6. The lowest BCUT2D eigenvalue weighted by Gasteiger charge is -2.28. The summed E-state index contributed by atoms with van der Waals surface area (Å²) in [6.07, 6.45) is 5.88. The van der Waals surface area contributed by atoms with Gasteiger partial charge in [0, 0.05) is 18.7 Å². The van der Waals surface area contributed by atoms with Crippen LogP contribution in [-0.4, -0.2) is 71.8 Å².